The Bertz CT molecular complexity index is 365. The Kier molecular flexibility index (Phi) is 4.40. The van der Waals surface area contributed by atoms with Gasteiger partial charge in [0.15, 0.2) is 5.82 Å². The number of ether oxygens (including phenoxy) is 1. The van der Waals surface area contributed by atoms with Crippen LogP contribution in [0.4, 0.5) is 8.78 Å². The van der Waals surface area contributed by atoms with E-state index in [1.54, 1.807) is 6.92 Å². The number of rotatable bonds is 6. The summed E-state index contributed by atoms with van der Waals surface area (Å²) in [4.78, 5) is 3.47. The number of halogens is 3. The summed E-state index contributed by atoms with van der Waals surface area (Å²) in [6.07, 6.45) is 0.827. The first-order chi connectivity index (χ1) is 7.77. The van der Waals surface area contributed by atoms with E-state index in [-0.39, 0.29) is 12.4 Å². The molecule has 1 heterocycles. The topological polar surface area (TPSA) is 74.2 Å². The molecule has 1 rings (SSSR count). The summed E-state index contributed by atoms with van der Waals surface area (Å²) >= 11 is 4.75. The van der Waals surface area contributed by atoms with Crippen molar-refractivity contribution in [2.75, 3.05) is 13.2 Å². The van der Waals surface area contributed by atoms with E-state index in [2.05, 4.69) is 14.7 Å². The summed E-state index contributed by atoms with van der Waals surface area (Å²) in [7, 11) is 0. The smallest absolute Gasteiger partial charge is 0.379 e. The molecule has 0 bridgehead atoms. The Labute approximate surface area is 102 Å². The maximum absolute atomic E-state index is 12.7. The van der Waals surface area contributed by atoms with Crippen LogP contribution in [0.1, 0.15) is 32.0 Å². The Morgan fingerprint density at radius 1 is 1.53 bits per heavy atom. The molecule has 0 saturated heterocycles. The van der Waals surface area contributed by atoms with Gasteiger partial charge in [-0.3, -0.25) is 0 Å². The lowest BCUT2D eigenvalue weighted by atomic mass is 10.1. The normalized spacial score (nSPS) is 15.9. The van der Waals surface area contributed by atoms with Gasteiger partial charge in [0.05, 0.1) is 6.61 Å². The molecule has 0 amide bonds. The maximum atomic E-state index is 12.7. The highest BCUT2D eigenvalue weighted by molar-refractivity contribution is 6.21. The predicted octanol–water partition coefficient (Wildman–Crippen LogP) is 1.96. The monoisotopic (exact) mass is 269 g/mol. The molecule has 98 valence electrons. The summed E-state index contributed by atoms with van der Waals surface area (Å²) in [6.45, 7) is 4.12. The Hall–Kier alpha value is -0.790. The van der Waals surface area contributed by atoms with Crippen molar-refractivity contribution in [2.24, 2.45) is 5.73 Å². The average molecular weight is 270 g/mol. The largest absolute Gasteiger partial charge is 0.400 e. The van der Waals surface area contributed by atoms with Crippen molar-refractivity contribution in [2.45, 2.75) is 31.2 Å². The highest BCUT2D eigenvalue weighted by Gasteiger charge is 2.38. The zero-order valence-electron chi connectivity index (χ0n) is 9.54. The van der Waals surface area contributed by atoms with Crippen LogP contribution in [-0.2, 0) is 15.7 Å². The van der Waals surface area contributed by atoms with E-state index in [9.17, 15) is 8.78 Å². The van der Waals surface area contributed by atoms with Crippen LogP contribution in [-0.4, -0.2) is 23.4 Å². The maximum Gasteiger partial charge on any atom is 0.400 e. The molecule has 1 aromatic rings. The molecular weight excluding hydrogens is 256 g/mol. The van der Waals surface area contributed by atoms with Gasteiger partial charge in [-0.1, -0.05) is 12.1 Å². The predicted molar refractivity (Wildman–Crippen MR) is 56.7 cm³/mol. The van der Waals surface area contributed by atoms with Crippen LogP contribution in [0.5, 0.6) is 0 Å². The number of alkyl halides is 3. The molecular formula is C9H14ClF2N3O2. The molecule has 0 saturated carbocycles. The van der Waals surface area contributed by atoms with Crippen molar-refractivity contribution < 1.29 is 18.0 Å². The Morgan fingerprint density at radius 3 is 2.65 bits per heavy atom. The van der Waals surface area contributed by atoms with E-state index in [0.717, 1.165) is 6.42 Å². The van der Waals surface area contributed by atoms with Crippen molar-refractivity contribution >= 4 is 11.6 Å². The first-order valence-corrected chi connectivity index (χ1v) is 5.43. The van der Waals surface area contributed by atoms with Gasteiger partial charge in [-0.2, -0.15) is 13.8 Å². The second kappa shape index (κ2) is 5.24. The van der Waals surface area contributed by atoms with Crippen molar-refractivity contribution in [3.63, 3.8) is 0 Å². The van der Waals surface area contributed by atoms with E-state index in [4.69, 9.17) is 22.1 Å². The van der Waals surface area contributed by atoms with Crippen LogP contribution in [0, 0.1) is 0 Å². The minimum absolute atomic E-state index is 0.0658. The van der Waals surface area contributed by atoms with Crippen LogP contribution in [0.25, 0.3) is 0 Å². The Balaban J connectivity index is 2.74. The highest BCUT2D eigenvalue weighted by atomic mass is 35.5. The fourth-order valence-corrected chi connectivity index (χ4v) is 1.14. The zero-order valence-corrected chi connectivity index (χ0v) is 10.3. The summed E-state index contributed by atoms with van der Waals surface area (Å²) in [5, 5.41) is -0.311. The van der Waals surface area contributed by atoms with Gasteiger partial charge >= 0.3 is 11.3 Å². The summed E-state index contributed by atoms with van der Waals surface area (Å²) in [5.41, 5.74) is 4.74. The summed E-state index contributed by atoms with van der Waals surface area (Å²) in [6, 6.07) is 0. The van der Waals surface area contributed by atoms with E-state index < -0.39 is 16.8 Å². The molecule has 8 heteroatoms. The molecule has 0 fully saturated rings. The van der Waals surface area contributed by atoms with E-state index >= 15 is 0 Å². The molecule has 1 unspecified atom stereocenters. The molecule has 0 spiro atoms. The second-order valence-corrected chi connectivity index (χ2v) is 4.37. The summed E-state index contributed by atoms with van der Waals surface area (Å²) in [5.74, 6) is -1.04. The fraction of sp³-hybridized carbons (Fsp3) is 0.778. The second-order valence-electron chi connectivity index (χ2n) is 3.89. The standard InChI is InChI=1S/C9H14ClF2N3O2/c1-3-4-16-5-8(2,13)6-14-7(17-15-6)9(10,11)12/h3-5,13H2,1-2H3. The SMILES string of the molecule is CCCOCC(C)(N)c1noc(C(F)(F)Cl)n1. The lowest BCUT2D eigenvalue weighted by Gasteiger charge is -2.19. The third-order valence-corrected chi connectivity index (χ3v) is 2.09. The van der Waals surface area contributed by atoms with Gasteiger partial charge in [-0.25, -0.2) is 0 Å². The molecule has 0 aliphatic heterocycles. The van der Waals surface area contributed by atoms with E-state index in [0.29, 0.717) is 6.61 Å². The molecule has 0 aliphatic carbocycles. The van der Waals surface area contributed by atoms with Gasteiger partial charge in [0, 0.05) is 6.61 Å². The molecule has 1 aromatic heterocycles. The zero-order chi connectivity index (χ0) is 13.1. The number of nitrogens with zero attached hydrogens (tertiary/aromatic N) is 2. The van der Waals surface area contributed by atoms with Gasteiger partial charge in [0.25, 0.3) is 0 Å². The number of hydrogen-bond acceptors (Lipinski definition) is 5. The Morgan fingerprint density at radius 2 is 2.18 bits per heavy atom. The first-order valence-electron chi connectivity index (χ1n) is 5.05. The van der Waals surface area contributed by atoms with Crippen molar-refractivity contribution in [1.82, 2.24) is 10.1 Å². The molecule has 5 nitrogen and oxygen atoms in total. The van der Waals surface area contributed by atoms with E-state index in [1.807, 2.05) is 6.92 Å². The molecule has 17 heavy (non-hydrogen) atoms. The molecule has 0 aromatic carbocycles. The lowest BCUT2D eigenvalue weighted by molar-refractivity contribution is 0.0550. The first kappa shape index (κ1) is 14.3. The third-order valence-electron chi connectivity index (χ3n) is 1.93. The van der Waals surface area contributed by atoms with Gasteiger partial charge in [0.2, 0.25) is 0 Å². The minimum Gasteiger partial charge on any atom is -0.379 e. The number of hydrogen-bond donors (Lipinski definition) is 1. The minimum atomic E-state index is -3.69. The van der Waals surface area contributed by atoms with Crippen LogP contribution >= 0.6 is 11.6 Å². The van der Waals surface area contributed by atoms with Crippen LogP contribution < -0.4 is 5.73 Å². The highest BCUT2D eigenvalue weighted by Crippen LogP contribution is 2.31. The van der Waals surface area contributed by atoms with Gasteiger partial charge in [-0.05, 0) is 24.9 Å². The van der Waals surface area contributed by atoms with E-state index in [1.165, 1.54) is 0 Å². The molecule has 1 atom stereocenters. The van der Waals surface area contributed by atoms with Gasteiger partial charge in [-0.15, -0.1) is 0 Å². The number of aromatic nitrogens is 2. The van der Waals surface area contributed by atoms with Gasteiger partial charge in [0.1, 0.15) is 5.54 Å². The van der Waals surface area contributed by atoms with Crippen molar-refractivity contribution in [3.8, 4) is 0 Å². The fourth-order valence-electron chi connectivity index (χ4n) is 1.06. The average Bonchev–Trinajstić information content (AvgIpc) is 2.66. The molecule has 0 aliphatic rings. The summed E-state index contributed by atoms with van der Waals surface area (Å²) < 4.78 is 34.9. The third kappa shape index (κ3) is 3.86. The van der Waals surface area contributed by atoms with Crippen molar-refractivity contribution in [1.29, 1.82) is 0 Å². The van der Waals surface area contributed by atoms with Gasteiger partial charge < -0.3 is 15.0 Å². The molecule has 2 N–H and O–H groups in total. The lowest BCUT2D eigenvalue weighted by Crippen LogP contribution is -2.39. The van der Waals surface area contributed by atoms with Crippen LogP contribution in [0.3, 0.4) is 0 Å². The van der Waals surface area contributed by atoms with Crippen LogP contribution in [0.15, 0.2) is 4.52 Å². The number of nitrogens with two attached hydrogens (primary N) is 1. The van der Waals surface area contributed by atoms with Crippen molar-refractivity contribution in [3.05, 3.63) is 11.7 Å². The van der Waals surface area contributed by atoms with Crippen LogP contribution in [0.2, 0.25) is 0 Å². The molecule has 0 radical (unpaired) electrons. The quantitative estimate of drug-likeness (QED) is 0.631.